The third-order valence-electron chi connectivity index (χ3n) is 9.74. The third-order valence-corrected chi connectivity index (χ3v) is 9.74. The van der Waals surface area contributed by atoms with Crippen molar-refractivity contribution in [3.8, 4) is 11.1 Å². The summed E-state index contributed by atoms with van der Waals surface area (Å²) in [5.41, 5.74) is 9.26. The summed E-state index contributed by atoms with van der Waals surface area (Å²) in [5.74, 6) is 1.08. The van der Waals surface area contributed by atoms with Crippen LogP contribution in [-0.4, -0.2) is 58.3 Å². The van der Waals surface area contributed by atoms with Crippen molar-refractivity contribution in [2.24, 2.45) is 17.3 Å². The van der Waals surface area contributed by atoms with Gasteiger partial charge in [-0.05, 0) is 74.5 Å². The van der Waals surface area contributed by atoms with Crippen molar-refractivity contribution in [1.29, 1.82) is 0 Å². The number of hydrogen-bond acceptors (Lipinski definition) is 6. The Balaban J connectivity index is 1.07. The number of nitrogens with one attached hydrogen (secondary N) is 1. The van der Waals surface area contributed by atoms with Crippen LogP contribution in [0.4, 0.5) is 5.82 Å². The lowest BCUT2D eigenvalue weighted by Gasteiger charge is -2.60. The maximum Gasteiger partial charge on any atom is 0.255 e. The molecule has 0 radical (unpaired) electrons. The molecule has 3 heterocycles. The highest BCUT2D eigenvalue weighted by Crippen LogP contribution is 2.57. The van der Waals surface area contributed by atoms with Gasteiger partial charge in [0.1, 0.15) is 5.82 Å². The van der Waals surface area contributed by atoms with Gasteiger partial charge in [-0.25, -0.2) is 4.98 Å². The molecule has 8 rings (SSSR count). The number of amides is 1. The second kappa shape index (κ2) is 7.76. The van der Waals surface area contributed by atoms with Crippen molar-refractivity contribution < 1.29 is 14.6 Å². The minimum atomic E-state index is -0.621. The summed E-state index contributed by atoms with van der Waals surface area (Å²) in [4.78, 5) is 20.3. The molecule has 2 aromatic rings. The van der Waals surface area contributed by atoms with Gasteiger partial charge in [0, 0.05) is 41.8 Å². The second-order valence-electron chi connectivity index (χ2n) is 12.8. The van der Waals surface area contributed by atoms with Crippen LogP contribution in [0.15, 0.2) is 36.5 Å². The lowest BCUT2D eigenvalue weighted by Crippen LogP contribution is -2.66. The fraction of sp³-hybridized carbons (Fsp3) is 0.586. The van der Waals surface area contributed by atoms with Crippen LogP contribution in [0.25, 0.3) is 11.1 Å². The van der Waals surface area contributed by atoms with E-state index < -0.39 is 5.60 Å². The number of aromatic nitrogens is 1. The third kappa shape index (κ3) is 3.66. The van der Waals surface area contributed by atoms with E-state index in [1.54, 1.807) is 6.20 Å². The Bertz CT molecular complexity index is 1190. The highest BCUT2D eigenvalue weighted by molar-refractivity contribution is 6.00. The van der Waals surface area contributed by atoms with Gasteiger partial charge in [0.2, 0.25) is 0 Å². The minimum Gasteiger partial charge on any atom is -0.390 e. The Labute approximate surface area is 212 Å². The van der Waals surface area contributed by atoms with Crippen LogP contribution in [0.2, 0.25) is 0 Å². The molecule has 1 aromatic heterocycles. The van der Waals surface area contributed by atoms with Crippen LogP contribution in [0.5, 0.6) is 0 Å². The summed E-state index contributed by atoms with van der Waals surface area (Å²) >= 11 is 0. The molecule has 190 valence electrons. The molecule has 4 aliphatic carbocycles. The zero-order valence-electron chi connectivity index (χ0n) is 21.0. The number of likely N-dealkylation sites (tertiary alicyclic amines) is 1. The Hall–Kier alpha value is -2.48. The Morgan fingerprint density at radius 3 is 2.44 bits per heavy atom. The molecule has 4 N–H and O–H groups in total. The number of pyridine rings is 1. The maximum absolute atomic E-state index is 13.5. The number of rotatable bonds is 5. The first kappa shape index (κ1) is 22.7. The van der Waals surface area contributed by atoms with Crippen molar-refractivity contribution in [3.05, 3.63) is 47.7 Å². The van der Waals surface area contributed by atoms with Gasteiger partial charge >= 0.3 is 0 Å². The summed E-state index contributed by atoms with van der Waals surface area (Å²) < 4.78 is 5.41. The number of ether oxygens (including phenoxy) is 1. The van der Waals surface area contributed by atoms with Crippen molar-refractivity contribution >= 4 is 11.7 Å². The van der Waals surface area contributed by atoms with E-state index in [4.69, 9.17) is 10.5 Å². The Kier molecular flexibility index (Phi) is 4.89. The number of aliphatic hydroxyl groups is 1. The molecule has 2 aliphatic heterocycles. The van der Waals surface area contributed by atoms with E-state index in [9.17, 15) is 9.90 Å². The zero-order chi connectivity index (χ0) is 24.7. The molecule has 4 bridgehead atoms. The van der Waals surface area contributed by atoms with Crippen molar-refractivity contribution in [2.45, 2.75) is 62.6 Å². The van der Waals surface area contributed by atoms with Crippen molar-refractivity contribution in [1.82, 2.24) is 15.2 Å². The molecule has 3 atom stereocenters. The van der Waals surface area contributed by atoms with E-state index in [-0.39, 0.29) is 17.3 Å². The number of hydrogen-bond donors (Lipinski definition) is 3. The highest BCUT2D eigenvalue weighted by atomic mass is 16.5. The van der Waals surface area contributed by atoms with Crippen LogP contribution in [0, 0.1) is 17.3 Å². The monoisotopic (exact) mass is 488 g/mol. The minimum absolute atomic E-state index is 0.177. The van der Waals surface area contributed by atoms with Gasteiger partial charge in [-0.3, -0.25) is 9.69 Å². The summed E-state index contributed by atoms with van der Waals surface area (Å²) in [6.45, 7) is 6.28. The fourth-order valence-electron chi connectivity index (χ4n) is 8.31. The van der Waals surface area contributed by atoms with Crippen LogP contribution in [0.1, 0.15) is 67.4 Å². The Morgan fingerprint density at radius 2 is 1.83 bits per heavy atom. The van der Waals surface area contributed by atoms with Gasteiger partial charge in [0.15, 0.2) is 0 Å². The average Bonchev–Trinajstić information content (AvgIpc) is 2.75. The predicted molar refractivity (Wildman–Crippen MR) is 137 cm³/mol. The van der Waals surface area contributed by atoms with Gasteiger partial charge in [-0.1, -0.05) is 24.3 Å². The lowest BCUT2D eigenvalue weighted by atomic mass is 9.51. The molecule has 1 spiro atoms. The van der Waals surface area contributed by atoms with Crippen LogP contribution >= 0.6 is 0 Å². The number of nitrogen functional groups attached to an aromatic ring is 1. The smallest absolute Gasteiger partial charge is 0.255 e. The van der Waals surface area contributed by atoms with E-state index in [0.29, 0.717) is 35.3 Å². The van der Waals surface area contributed by atoms with Gasteiger partial charge in [0.25, 0.3) is 5.91 Å². The molecule has 0 unspecified atom stereocenters. The predicted octanol–water partition coefficient (Wildman–Crippen LogP) is 3.54. The molecule has 36 heavy (non-hydrogen) atoms. The molecule has 6 fully saturated rings. The Morgan fingerprint density at radius 1 is 1.14 bits per heavy atom. The van der Waals surface area contributed by atoms with Gasteiger partial charge in [0.05, 0.1) is 24.4 Å². The van der Waals surface area contributed by atoms with E-state index in [1.807, 2.05) is 6.07 Å². The first-order valence-electron chi connectivity index (χ1n) is 13.5. The average molecular weight is 489 g/mol. The molecule has 2 saturated heterocycles. The molecule has 1 amide bonds. The zero-order valence-corrected chi connectivity index (χ0v) is 21.0. The summed E-state index contributed by atoms with van der Waals surface area (Å²) in [6, 6.07) is 10.8. The summed E-state index contributed by atoms with van der Waals surface area (Å²) in [7, 11) is 0. The number of anilines is 1. The topological polar surface area (TPSA) is 101 Å². The van der Waals surface area contributed by atoms with Gasteiger partial charge < -0.3 is 20.9 Å². The second-order valence-corrected chi connectivity index (χ2v) is 12.8. The normalized spacial score (nSPS) is 34.7. The van der Waals surface area contributed by atoms with Gasteiger partial charge in [-0.2, -0.15) is 0 Å². The molecular formula is C29H36N4O3. The van der Waals surface area contributed by atoms with Crippen molar-refractivity contribution in [2.75, 3.05) is 32.0 Å². The highest BCUT2D eigenvalue weighted by Gasteiger charge is 2.57. The largest absolute Gasteiger partial charge is 0.390 e. The maximum atomic E-state index is 13.5. The summed E-state index contributed by atoms with van der Waals surface area (Å²) in [6.07, 6.45) is 7.24. The quantitative estimate of drug-likeness (QED) is 0.595. The van der Waals surface area contributed by atoms with Gasteiger partial charge in [-0.15, -0.1) is 0 Å². The van der Waals surface area contributed by atoms with Crippen molar-refractivity contribution in [3.63, 3.8) is 0 Å². The molecule has 7 nitrogen and oxygen atoms in total. The van der Waals surface area contributed by atoms with Crippen LogP contribution < -0.4 is 11.1 Å². The fourth-order valence-corrected chi connectivity index (χ4v) is 8.31. The lowest BCUT2D eigenvalue weighted by molar-refractivity contribution is -0.197. The first-order chi connectivity index (χ1) is 17.2. The number of benzene rings is 1. The number of nitrogens with zero attached hydrogens (tertiary/aromatic N) is 2. The van der Waals surface area contributed by atoms with E-state index >= 15 is 0 Å². The number of carbonyl (C=O) groups excluding carboxylic acids is 1. The van der Waals surface area contributed by atoms with E-state index in [0.717, 1.165) is 63.1 Å². The molecule has 1 aromatic carbocycles. The first-order valence-corrected chi connectivity index (χ1v) is 13.5. The number of nitrogens with two attached hydrogens (primary N) is 1. The summed E-state index contributed by atoms with van der Waals surface area (Å²) in [5, 5.41) is 14.4. The van der Waals surface area contributed by atoms with E-state index in [2.05, 4.69) is 46.4 Å². The standard InChI is InChI=1S/C29H36N4O3/c1-18(33-14-27(15-33)16-36-17-27)21-2-4-22(5-3-21)23-7-24(25(30)31-12-23)26(34)32-28-8-19-6-20(9-28)11-29(35,10-19)13-28/h2-5,7,12,18-20,35H,6,8-11,13-17H2,1H3,(H2,30,31)(H,32,34)/t18-,19-,20-,28?,29?/m1/s1. The van der Waals surface area contributed by atoms with E-state index in [1.165, 1.54) is 12.0 Å². The molecule has 4 saturated carbocycles. The molecule has 6 aliphatic rings. The van der Waals surface area contributed by atoms with Crippen LogP contribution in [0.3, 0.4) is 0 Å². The number of carbonyl (C=O) groups is 1. The molecular weight excluding hydrogens is 452 g/mol. The molecule has 7 heteroatoms. The van der Waals surface area contributed by atoms with Crippen LogP contribution in [-0.2, 0) is 4.74 Å². The SMILES string of the molecule is C[C@H](c1ccc(-c2cnc(N)c(C(=O)NC34C[C@H]5C[C@@H](CC(O)(C5)C3)C4)c2)cc1)N1CC2(COC2)C1.